The second kappa shape index (κ2) is 3.60. The molecule has 76 valence electrons. The molecule has 1 saturated carbocycles. The smallest absolute Gasteiger partial charge is 0.125 e. The summed E-state index contributed by atoms with van der Waals surface area (Å²) in [5.41, 5.74) is 1.32. The zero-order chi connectivity index (χ0) is 10.0. The molecule has 0 bridgehead atoms. The van der Waals surface area contributed by atoms with Gasteiger partial charge in [-0.15, -0.1) is 0 Å². The van der Waals surface area contributed by atoms with E-state index < -0.39 is 0 Å². The van der Waals surface area contributed by atoms with Crippen molar-refractivity contribution in [2.75, 3.05) is 11.9 Å². The Kier molecular flexibility index (Phi) is 2.44. The van der Waals surface area contributed by atoms with Crippen LogP contribution in [0.4, 0.5) is 10.1 Å². The lowest BCUT2D eigenvalue weighted by atomic mass is 9.70. The zero-order valence-electron chi connectivity index (χ0n) is 8.52. The van der Waals surface area contributed by atoms with E-state index in [2.05, 4.69) is 12.2 Å². The Labute approximate surface area is 84.3 Å². The Morgan fingerprint density at radius 1 is 1.43 bits per heavy atom. The highest BCUT2D eigenvalue weighted by Crippen LogP contribution is 2.40. The van der Waals surface area contributed by atoms with E-state index in [0.717, 1.165) is 12.2 Å². The van der Waals surface area contributed by atoms with Crippen LogP contribution in [0.3, 0.4) is 0 Å². The normalized spacial score (nSPS) is 18.7. The van der Waals surface area contributed by atoms with Crippen molar-refractivity contribution in [2.24, 2.45) is 5.41 Å². The lowest BCUT2D eigenvalue weighted by Gasteiger charge is -2.38. The maximum absolute atomic E-state index is 12.8. The summed E-state index contributed by atoms with van der Waals surface area (Å²) in [6, 6.07) is 6.66. The molecule has 0 aromatic heterocycles. The summed E-state index contributed by atoms with van der Waals surface area (Å²) >= 11 is 0. The van der Waals surface area contributed by atoms with Gasteiger partial charge in [0.1, 0.15) is 5.82 Å². The van der Waals surface area contributed by atoms with Crippen LogP contribution >= 0.6 is 0 Å². The summed E-state index contributed by atoms with van der Waals surface area (Å²) in [7, 11) is 0. The Morgan fingerprint density at radius 2 is 2.21 bits per heavy atom. The van der Waals surface area contributed by atoms with E-state index in [4.69, 9.17) is 0 Å². The van der Waals surface area contributed by atoms with Gasteiger partial charge in [0.2, 0.25) is 0 Å². The van der Waals surface area contributed by atoms with Crippen molar-refractivity contribution in [3.05, 3.63) is 30.1 Å². The molecule has 0 saturated heterocycles. The molecule has 1 aromatic rings. The van der Waals surface area contributed by atoms with Crippen molar-refractivity contribution < 1.29 is 4.39 Å². The first-order valence-corrected chi connectivity index (χ1v) is 5.17. The first-order chi connectivity index (χ1) is 6.68. The summed E-state index contributed by atoms with van der Waals surface area (Å²) in [4.78, 5) is 0. The molecule has 0 atom stereocenters. The number of hydrogen-bond donors (Lipinski definition) is 1. The van der Waals surface area contributed by atoms with Crippen molar-refractivity contribution in [3.8, 4) is 0 Å². The first kappa shape index (κ1) is 9.50. The van der Waals surface area contributed by atoms with Gasteiger partial charge in [-0.2, -0.15) is 0 Å². The van der Waals surface area contributed by atoms with Gasteiger partial charge in [0.25, 0.3) is 0 Å². The van der Waals surface area contributed by atoms with Gasteiger partial charge in [0.15, 0.2) is 0 Å². The lowest BCUT2D eigenvalue weighted by molar-refractivity contribution is 0.180. The van der Waals surface area contributed by atoms with E-state index >= 15 is 0 Å². The standard InChI is InChI=1S/C12H16FN/c1-12(6-3-7-12)9-14-11-5-2-4-10(13)8-11/h2,4-5,8,14H,3,6-7,9H2,1H3. The minimum absolute atomic E-state index is 0.172. The lowest BCUT2D eigenvalue weighted by Crippen LogP contribution is -2.33. The summed E-state index contributed by atoms with van der Waals surface area (Å²) in [5.74, 6) is -0.172. The van der Waals surface area contributed by atoms with Crippen LogP contribution in [0, 0.1) is 11.2 Å². The van der Waals surface area contributed by atoms with Crippen LogP contribution in [-0.4, -0.2) is 6.54 Å². The Hall–Kier alpha value is -1.05. The highest BCUT2D eigenvalue weighted by Gasteiger charge is 2.31. The molecule has 0 aliphatic heterocycles. The fraction of sp³-hybridized carbons (Fsp3) is 0.500. The predicted molar refractivity (Wildman–Crippen MR) is 56.8 cm³/mol. The van der Waals surface area contributed by atoms with Crippen molar-refractivity contribution in [1.82, 2.24) is 0 Å². The number of halogens is 1. The molecule has 1 fully saturated rings. The summed E-state index contributed by atoms with van der Waals surface area (Å²) in [5, 5.41) is 3.29. The van der Waals surface area contributed by atoms with E-state index in [1.807, 2.05) is 6.07 Å². The molecular weight excluding hydrogens is 177 g/mol. The monoisotopic (exact) mass is 193 g/mol. The van der Waals surface area contributed by atoms with Gasteiger partial charge in [-0.1, -0.05) is 19.4 Å². The van der Waals surface area contributed by atoms with Crippen molar-refractivity contribution >= 4 is 5.69 Å². The molecule has 2 heteroatoms. The van der Waals surface area contributed by atoms with Gasteiger partial charge in [-0.3, -0.25) is 0 Å². The van der Waals surface area contributed by atoms with Gasteiger partial charge >= 0.3 is 0 Å². The fourth-order valence-electron chi connectivity index (χ4n) is 1.87. The molecule has 1 nitrogen and oxygen atoms in total. The van der Waals surface area contributed by atoms with Crippen molar-refractivity contribution in [1.29, 1.82) is 0 Å². The molecule has 1 aliphatic carbocycles. The largest absolute Gasteiger partial charge is 0.384 e. The van der Waals surface area contributed by atoms with E-state index in [1.54, 1.807) is 12.1 Å². The second-order valence-electron chi connectivity index (χ2n) is 4.53. The maximum atomic E-state index is 12.8. The van der Waals surface area contributed by atoms with Crippen molar-refractivity contribution in [2.45, 2.75) is 26.2 Å². The van der Waals surface area contributed by atoms with Crippen LogP contribution in [0.25, 0.3) is 0 Å². The third-order valence-corrected chi connectivity index (χ3v) is 3.10. The molecule has 1 aromatic carbocycles. The molecule has 0 amide bonds. The van der Waals surface area contributed by atoms with Crippen LogP contribution in [0.5, 0.6) is 0 Å². The number of rotatable bonds is 3. The summed E-state index contributed by atoms with van der Waals surface area (Å²) in [6.07, 6.45) is 3.91. The highest BCUT2D eigenvalue weighted by atomic mass is 19.1. The molecule has 1 N–H and O–H groups in total. The average Bonchev–Trinajstić information content (AvgIpc) is 2.12. The van der Waals surface area contributed by atoms with Crippen LogP contribution in [0.15, 0.2) is 24.3 Å². The molecular formula is C12H16FN. The van der Waals surface area contributed by atoms with Gasteiger partial charge in [-0.05, 0) is 36.5 Å². The SMILES string of the molecule is CC1(CNc2cccc(F)c2)CCC1. The molecule has 0 radical (unpaired) electrons. The third-order valence-electron chi connectivity index (χ3n) is 3.10. The van der Waals surface area contributed by atoms with E-state index in [-0.39, 0.29) is 5.82 Å². The van der Waals surface area contributed by atoms with Crippen LogP contribution in [0.2, 0.25) is 0 Å². The third kappa shape index (κ3) is 2.06. The van der Waals surface area contributed by atoms with Gasteiger partial charge < -0.3 is 5.32 Å². The van der Waals surface area contributed by atoms with E-state index in [0.29, 0.717) is 5.41 Å². The highest BCUT2D eigenvalue weighted by molar-refractivity contribution is 5.43. The minimum atomic E-state index is -0.172. The second-order valence-corrected chi connectivity index (χ2v) is 4.53. The quantitative estimate of drug-likeness (QED) is 0.775. The molecule has 14 heavy (non-hydrogen) atoms. The van der Waals surface area contributed by atoms with Crippen LogP contribution in [0.1, 0.15) is 26.2 Å². The number of hydrogen-bond acceptors (Lipinski definition) is 1. The molecule has 1 aliphatic rings. The number of benzene rings is 1. The summed E-state index contributed by atoms with van der Waals surface area (Å²) in [6.45, 7) is 3.24. The topological polar surface area (TPSA) is 12.0 Å². The van der Waals surface area contributed by atoms with Crippen molar-refractivity contribution in [3.63, 3.8) is 0 Å². The van der Waals surface area contributed by atoms with Crippen LogP contribution in [-0.2, 0) is 0 Å². The van der Waals surface area contributed by atoms with E-state index in [1.165, 1.54) is 25.3 Å². The van der Waals surface area contributed by atoms with Gasteiger partial charge in [-0.25, -0.2) is 4.39 Å². The fourth-order valence-corrected chi connectivity index (χ4v) is 1.87. The maximum Gasteiger partial charge on any atom is 0.125 e. The van der Waals surface area contributed by atoms with E-state index in [9.17, 15) is 4.39 Å². The Balaban J connectivity index is 1.91. The van der Waals surface area contributed by atoms with Gasteiger partial charge in [0, 0.05) is 12.2 Å². The molecule has 0 spiro atoms. The molecule has 2 rings (SSSR count). The zero-order valence-corrected chi connectivity index (χ0v) is 8.52. The predicted octanol–water partition coefficient (Wildman–Crippen LogP) is 3.43. The summed E-state index contributed by atoms with van der Waals surface area (Å²) < 4.78 is 12.8. The molecule has 0 unspecified atom stereocenters. The Morgan fingerprint density at radius 3 is 2.79 bits per heavy atom. The number of anilines is 1. The Bertz CT molecular complexity index is 318. The number of nitrogens with one attached hydrogen (secondary N) is 1. The first-order valence-electron chi connectivity index (χ1n) is 5.17. The van der Waals surface area contributed by atoms with Crippen LogP contribution < -0.4 is 5.32 Å². The van der Waals surface area contributed by atoms with Gasteiger partial charge in [0.05, 0.1) is 0 Å². The molecule has 0 heterocycles. The minimum Gasteiger partial charge on any atom is -0.384 e. The average molecular weight is 193 g/mol.